The van der Waals surface area contributed by atoms with Gasteiger partial charge < -0.3 is 19.4 Å². The molecule has 4 fully saturated rings. The maximum Gasteiger partial charge on any atom is 0.298 e. The predicted molar refractivity (Wildman–Crippen MR) is 123 cm³/mol. The molecular weight excluding hydrogens is 440 g/mol. The first-order chi connectivity index (χ1) is 16.5. The molecule has 4 aliphatic rings. The summed E-state index contributed by atoms with van der Waals surface area (Å²) in [4.78, 5) is 19.8. The Hall–Kier alpha value is -2.64. The SMILES string of the molecule is CCCc1oc(N2CCC3CCCC32)nc1C(=O)Nc1cc(F)c(OC2CC3CC3C2)c(F)c1. The third kappa shape index (κ3) is 3.95. The summed E-state index contributed by atoms with van der Waals surface area (Å²) in [7, 11) is 0. The molecule has 1 N–H and O–H groups in total. The fourth-order valence-electron chi connectivity index (χ4n) is 6.37. The second-order valence-electron chi connectivity index (χ2n) is 10.4. The number of hydrogen-bond donors (Lipinski definition) is 1. The van der Waals surface area contributed by atoms with Crippen LogP contribution in [0.25, 0.3) is 0 Å². The molecular formula is C26H31F2N3O3. The van der Waals surface area contributed by atoms with Crippen LogP contribution in [0.1, 0.15) is 74.5 Å². The normalized spacial score (nSPS) is 29.3. The Morgan fingerprint density at radius 3 is 2.65 bits per heavy atom. The average molecular weight is 472 g/mol. The first-order valence-corrected chi connectivity index (χ1v) is 12.7. The summed E-state index contributed by atoms with van der Waals surface area (Å²) < 4.78 is 41.1. The van der Waals surface area contributed by atoms with Gasteiger partial charge in [0.1, 0.15) is 5.76 Å². The van der Waals surface area contributed by atoms with Gasteiger partial charge in [-0.2, -0.15) is 4.98 Å². The number of anilines is 2. The Balaban J connectivity index is 1.19. The van der Waals surface area contributed by atoms with Crippen molar-refractivity contribution in [2.24, 2.45) is 17.8 Å². The molecule has 0 spiro atoms. The van der Waals surface area contributed by atoms with E-state index in [1.807, 2.05) is 6.92 Å². The third-order valence-corrected chi connectivity index (χ3v) is 8.12. The smallest absolute Gasteiger partial charge is 0.298 e. The minimum atomic E-state index is -0.810. The van der Waals surface area contributed by atoms with Crippen LogP contribution in [-0.4, -0.2) is 29.6 Å². The number of aryl methyl sites for hydroxylation is 1. The maximum atomic E-state index is 14.7. The molecule has 1 saturated heterocycles. The molecule has 182 valence electrons. The van der Waals surface area contributed by atoms with E-state index in [2.05, 4.69) is 15.2 Å². The number of halogens is 2. The minimum Gasteiger partial charge on any atom is -0.484 e. The van der Waals surface area contributed by atoms with E-state index in [1.54, 1.807) is 0 Å². The molecule has 0 bridgehead atoms. The molecule has 6 rings (SSSR count). The second-order valence-corrected chi connectivity index (χ2v) is 10.4. The quantitative estimate of drug-likeness (QED) is 0.560. The molecule has 1 aromatic heterocycles. The Bertz CT molecular complexity index is 1070. The van der Waals surface area contributed by atoms with Crippen molar-refractivity contribution in [2.75, 3.05) is 16.8 Å². The van der Waals surface area contributed by atoms with E-state index in [1.165, 1.54) is 19.3 Å². The highest BCUT2D eigenvalue weighted by Gasteiger charge is 2.47. The number of amides is 1. The Morgan fingerprint density at radius 1 is 1.15 bits per heavy atom. The Labute approximate surface area is 198 Å². The minimum absolute atomic E-state index is 0.0330. The Kier molecular flexibility index (Phi) is 5.49. The molecule has 3 saturated carbocycles. The van der Waals surface area contributed by atoms with Crippen LogP contribution >= 0.6 is 0 Å². The molecule has 1 aliphatic heterocycles. The number of hydrogen-bond acceptors (Lipinski definition) is 5. The van der Waals surface area contributed by atoms with E-state index in [0.717, 1.165) is 50.8 Å². The summed E-state index contributed by atoms with van der Waals surface area (Å²) in [6.45, 7) is 2.88. The second kappa shape index (κ2) is 8.54. The van der Waals surface area contributed by atoms with Gasteiger partial charge >= 0.3 is 0 Å². The van der Waals surface area contributed by atoms with E-state index >= 15 is 0 Å². The lowest BCUT2D eigenvalue weighted by atomic mass is 10.1. The highest BCUT2D eigenvalue weighted by molar-refractivity contribution is 6.03. The zero-order valence-electron chi connectivity index (χ0n) is 19.5. The van der Waals surface area contributed by atoms with Gasteiger partial charge in [0.15, 0.2) is 23.1 Å². The van der Waals surface area contributed by atoms with Crippen molar-refractivity contribution in [2.45, 2.75) is 76.9 Å². The van der Waals surface area contributed by atoms with Gasteiger partial charge in [-0.25, -0.2) is 8.78 Å². The van der Waals surface area contributed by atoms with Crippen LogP contribution in [0.4, 0.5) is 20.5 Å². The average Bonchev–Trinajstić information content (AvgIpc) is 3.27. The van der Waals surface area contributed by atoms with E-state index in [-0.39, 0.29) is 23.2 Å². The van der Waals surface area contributed by atoms with Gasteiger partial charge in [-0.1, -0.05) is 13.3 Å². The molecule has 2 aromatic rings. The highest BCUT2D eigenvalue weighted by atomic mass is 19.1. The van der Waals surface area contributed by atoms with Crippen molar-refractivity contribution in [3.63, 3.8) is 0 Å². The van der Waals surface area contributed by atoms with Gasteiger partial charge in [0.05, 0.1) is 6.10 Å². The number of benzene rings is 1. The topological polar surface area (TPSA) is 67.6 Å². The Morgan fingerprint density at radius 2 is 1.91 bits per heavy atom. The number of carbonyl (C=O) groups is 1. The molecule has 1 aromatic carbocycles. The number of oxazole rings is 1. The van der Waals surface area contributed by atoms with Gasteiger partial charge in [0.25, 0.3) is 11.9 Å². The van der Waals surface area contributed by atoms with E-state index in [9.17, 15) is 13.6 Å². The summed E-state index contributed by atoms with van der Waals surface area (Å²) in [6.07, 6.45) is 8.82. The van der Waals surface area contributed by atoms with Gasteiger partial charge in [-0.3, -0.25) is 4.79 Å². The molecule has 4 unspecified atom stereocenters. The summed E-state index contributed by atoms with van der Waals surface area (Å²) in [5.74, 6) is -0.0231. The van der Waals surface area contributed by atoms with Crippen molar-refractivity contribution in [1.29, 1.82) is 0 Å². The molecule has 6 nitrogen and oxygen atoms in total. The van der Waals surface area contributed by atoms with E-state index in [0.29, 0.717) is 42.0 Å². The summed E-state index contributed by atoms with van der Waals surface area (Å²) >= 11 is 0. The molecule has 3 aliphatic carbocycles. The number of carbonyl (C=O) groups excluding carboxylic acids is 1. The summed E-state index contributed by atoms with van der Waals surface area (Å²) in [6, 6.07) is 3.12. The van der Waals surface area contributed by atoms with Crippen molar-refractivity contribution in [3.8, 4) is 5.75 Å². The van der Waals surface area contributed by atoms with Gasteiger partial charge in [0, 0.05) is 36.8 Å². The monoisotopic (exact) mass is 471 g/mol. The zero-order valence-corrected chi connectivity index (χ0v) is 19.5. The molecule has 2 heterocycles. The lowest BCUT2D eigenvalue weighted by molar-refractivity contribution is 0.102. The number of nitrogens with zero attached hydrogens (tertiary/aromatic N) is 2. The molecule has 4 atom stereocenters. The first-order valence-electron chi connectivity index (χ1n) is 12.7. The van der Waals surface area contributed by atoms with Crippen LogP contribution in [0.3, 0.4) is 0 Å². The van der Waals surface area contributed by atoms with Crippen molar-refractivity contribution >= 4 is 17.6 Å². The fraction of sp³-hybridized carbons (Fsp3) is 0.615. The lowest BCUT2D eigenvalue weighted by Crippen LogP contribution is -2.30. The fourth-order valence-corrected chi connectivity index (χ4v) is 6.37. The number of fused-ring (bicyclic) bond motifs is 2. The molecule has 34 heavy (non-hydrogen) atoms. The number of aromatic nitrogens is 1. The van der Waals surface area contributed by atoms with E-state index in [4.69, 9.17) is 9.15 Å². The van der Waals surface area contributed by atoms with Gasteiger partial charge in [0.2, 0.25) is 0 Å². The van der Waals surface area contributed by atoms with Crippen LogP contribution in [-0.2, 0) is 6.42 Å². The van der Waals surface area contributed by atoms with Crippen LogP contribution < -0.4 is 15.0 Å². The summed E-state index contributed by atoms with van der Waals surface area (Å²) in [5.41, 5.74) is 0.218. The standard InChI is InChI=1S/C26H31F2N3O3/c1-2-4-22-23(30-26(34-22)31-8-7-14-5-3-6-21(14)31)25(32)29-17-12-19(27)24(20(28)13-17)33-18-10-15-9-16(15)11-18/h12-16,18,21H,2-11H2,1H3,(H,29,32). The van der Waals surface area contributed by atoms with Crippen molar-refractivity contribution < 1.29 is 22.7 Å². The highest BCUT2D eigenvalue weighted by Crippen LogP contribution is 2.52. The van der Waals surface area contributed by atoms with E-state index < -0.39 is 17.5 Å². The lowest BCUT2D eigenvalue weighted by Gasteiger charge is -2.21. The van der Waals surface area contributed by atoms with Gasteiger partial charge in [-0.05, 0) is 62.7 Å². The number of ether oxygens (including phenoxy) is 1. The predicted octanol–water partition coefficient (Wildman–Crippen LogP) is 5.71. The van der Waals surface area contributed by atoms with Crippen LogP contribution in [0.5, 0.6) is 5.75 Å². The van der Waals surface area contributed by atoms with Crippen LogP contribution in [0, 0.1) is 29.4 Å². The number of rotatable bonds is 7. The molecule has 8 heteroatoms. The van der Waals surface area contributed by atoms with Gasteiger partial charge in [-0.15, -0.1) is 0 Å². The number of nitrogens with one attached hydrogen (secondary N) is 1. The first kappa shape index (κ1) is 21.9. The third-order valence-electron chi connectivity index (χ3n) is 8.12. The van der Waals surface area contributed by atoms with Crippen molar-refractivity contribution in [3.05, 3.63) is 35.2 Å². The van der Waals surface area contributed by atoms with Crippen LogP contribution in [0.2, 0.25) is 0 Å². The molecule has 1 amide bonds. The maximum absolute atomic E-state index is 14.7. The van der Waals surface area contributed by atoms with Crippen molar-refractivity contribution in [1.82, 2.24) is 4.98 Å². The molecule has 0 radical (unpaired) electrons. The van der Waals surface area contributed by atoms with Crippen LogP contribution in [0.15, 0.2) is 16.5 Å². The zero-order chi connectivity index (χ0) is 23.4. The summed E-state index contributed by atoms with van der Waals surface area (Å²) in [5, 5.41) is 2.61. The largest absolute Gasteiger partial charge is 0.484 e.